The summed E-state index contributed by atoms with van der Waals surface area (Å²) in [6.07, 6.45) is 4.87. The van der Waals surface area contributed by atoms with Crippen molar-refractivity contribution in [3.05, 3.63) is 12.7 Å². The molecule has 1 aliphatic rings. The van der Waals surface area contributed by atoms with Gasteiger partial charge in [-0.05, 0) is 12.8 Å². The summed E-state index contributed by atoms with van der Waals surface area (Å²) in [6, 6.07) is 0. The van der Waals surface area contributed by atoms with E-state index in [0.29, 0.717) is 18.7 Å². The van der Waals surface area contributed by atoms with Crippen molar-refractivity contribution in [2.45, 2.75) is 12.8 Å². The van der Waals surface area contributed by atoms with Crippen LogP contribution < -0.4 is 10.2 Å². The number of hydrogen-bond donors (Lipinski definition) is 3. The first-order chi connectivity index (χ1) is 10.3. The molecule has 1 atom stereocenters. The average molecular weight is 290 g/mol. The third-order valence-corrected chi connectivity index (χ3v) is 3.71. The zero-order valence-corrected chi connectivity index (χ0v) is 11.6. The summed E-state index contributed by atoms with van der Waals surface area (Å²) >= 11 is 0. The molecule has 1 fully saturated rings. The van der Waals surface area contributed by atoms with E-state index in [0.717, 1.165) is 30.7 Å². The Morgan fingerprint density at radius 1 is 1.48 bits per heavy atom. The normalized spacial score (nSPS) is 18.9. The fourth-order valence-corrected chi connectivity index (χ4v) is 2.70. The Hall–Kier alpha value is -2.22. The summed E-state index contributed by atoms with van der Waals surface area (Å²) in [7, 11) is 0. The number of nitrogens with one attached hydrogen (secondary N) is 2. The number of anilines is 1. The minimum atomic E-state index is -0.0850. The molecule has 112 valence electrons. The molecule has 3 N–H and O–H groups in total. The number of carbonyl (C=O) groups excluding carboxylic acids is 1. The Morgan fingerprint density at radius 3 is 3.24 bits per heavy atom. The van der Waals surface area contributed by atoms with E-state index in [1.54, 1.807) is 6.33 Å². The van der Waals surface area contributed by atoms with Crippen LogP contribution in [0, 0.1) is 5.92 Å². The molecule has 1 unspecified atom stereocenters. The van der Waals surface area contributed by atoms with Crippen LogP contribution in [0.1, 0.15) is 12.8 Å². The zero-order valence-electron chi connectivity index (χ0n) is 11.6. The van der Waals surface area contributed by atoms with Gasteiger partial charge in [0, 0.05) is 19.6 Å². The summed E-state index contributed by atoms with van der Waals surface area (Å²) in [4.78, 5) is 29.8. The van der Waals surface area contributed by atoms with E-state index >= 15 is 0 Å². The predicted molar refractivity (Wildman–Crippen MR) is 76.7 cm³/mol. The number of hydrogen-bond acceptors (Lipinski definition) is 6. The molecular formula is C13H18N6O2. The number of nitrogens with zero attached hydrogens (tertiary/aromatic N) is 4. The molecule has 1 saturated heterocycles. The lowest BCUT2D eigenvalue weighted by atomic mass is 9.97. The Kier molecular flexibility index (Phi) is 3.96. The maximum atomic E-state index is 12.0. The smallest absolute Gasteiger partial charge is 0.224 e. The molecule has 3 rings (SSSR count). The van der Waals surface area contributed by atoms with Gasteiger partial charge in [-0.15, -0.1) is 0 Å². The van der Waals surface area contributed by atoms with Gasteiger partial charge in [-0.25, -0.2) is 15.0 Å². The Bertz CT molecular complexity index is 628. The Labute approximate surface area is 121 Å². The fourth-order valence-electron chi connectivity index (χ4n) is 2.70. The molecule has 3 heterocycles. The number of aromatic amines is 1. The van der Waals surface area contributed by atoms with Gasteiger partial charge in [-0.1, -0.05) is 0 Å². The molecule has 8 heteroatoms. The van der Waals surface area contributed by atoms with E-state index in [1.807, 2.05) is 0 Å². The Morgan fingerprint density at radius 2 is 2.38 bits per heavy atom. The van der Waals surface area contributed by atoms with Crippen molar-refractivity contribution in [1.29, 1.82) is 0 Å². The van der Waals surface area contributed by atoms with Crippen LogP contribution in [0.15, 0.2) is 12.7 Å². The number of carbonyl (C=O) groups is 1. The summed E-state index contributed by atoms with van der Waals surface area (Å²) in [5.74, 6) is 0.694. The van der Waals surface area contributed by atoms with E-state index in [4.69, 9.17) is 5.11 Å². The first-order valence-electron chi connectivity index (χ1n) is 7.07. The molecule has 0 radical (unpaired) electrons. The largest absolute Gasteiger partial charge is 0.395 e. The van der Waals surface area contributed by atoms with Crippen molar-refractivity contribution >= 4 is 22.9 Å². The van der Waals surface area contributed by atoms with Crippen LogP contribution in [0.5, 0.6) is 0 Å². The van der Waals surface area contributed by atoms with Gasteiger partial charge in [-0.2, -0.15) is 0 Å². The number of amides is 1. The molecule has 1 amide bonds. The highest BCUT2D eigenvalue weighted by atomic mass is 16.3. The predicted octanol–water partition coefficient (Wildman–Crippen LogP) is -0.322. The number of piperidine rings is 1. The SMILES string of the molecule is O=C(NCCO)C1CCCN(c2ncnc3nc[nH]c23)C1. The fraction of sp³-hybridized carbons (Fsp3) is 0.538. The first-order valence-corrected chi connectivity index (χ1v) is 7.07. The van der Waals surface area contributed by atoms with Crippen molar-refractivity contribution in [2.75, 3.05) is 31.1 Å². The van der Waals surface area contributed by atoms with Crippen LogP contribution >= 0.6 is 0 Å². The topological polar surface area (TPSA) is 107 Å². The summed E-state index contributed by atoms with van der Waals surface area (Å²) in [5.41, 5.74) is 1.43. The van der Waals surface area contributed by atoms with Crippen molar-refractivity contribution < 1.29 is 9.90 Å². The summed E-state index contributed by atoms with van der Waals surface area (Å²) < 4.78 is 0. The number of fused-ring (bicyclic) bond motifs is 1. The minimum absolute atomic E-state index is 0.0105. The lowest BCUT2D eigenvalue weighted by Gasteiger charge is -2.32. The molecular weight excluding hydrogens is 272 g/mol. The van der Waals surface area contributed by atoms with Crippen molar-refractivity contribution in [1.82, 2.24) is 25.3 Å². The lowest BCUT2D eigenvalue weighted by molar-refractivity contribution is -0.125. The molecule has 0 aliphatic carbocycles. The molecule has 0 bridgehead atoms. The second kappa shape index (κ2) is 6.04. The number of imidazole rings is 1. The van der Waals surface area contributed by atoms with Crippen molar-refractivity contribution in [2.24, 2.45) is 5.92 Å². The van der Waals surface area contributed by atoms with Gasteiger partial charge in [0.15, 0.2) is 11.5 Å². The minimum Gasteiger partial charge on any atom is -0.395 e. The van der Waals surface area contributed by atoms with Gasteiger partial charge in [0.25, 0.3) is 0 Å². The van der Waals surface area contributed by atoms with Crippen LogP contribution in [0.2, 0.25) is 0 Å². The maximum Gasteiger partial charge on any atom is 0.224 e. The quantitative estimate of drug-likeness (QED) is 0.712. The highest BCUT2D eigenvalue weighted by Crippen LogP contribution is 2.25. The van der Waals surface area contributed by atoms with Gasteiger partial charge in [0.2, 0.25) is 5.91 Å². The highest BCUT2D eigenvalue weighted by Gasteiger charge is 2.27. The van der Waals surface area contributed by atoms with Gasteiger partial charge in [0.05, 0.1) is 18.9 Å². The highest BCUT2D eigenvalue weighted by molar-refractivity contribution is 5.84. The van der Waals surface area contributed by atoms with E-state index in [9.17, 15) is 4.79 Å². The number of rotatable bonds is 4. The van der Waals surface area contributed by atoms with E-state index in [1.165, 1.54) is 6.33 Å². The summed E-state index contributed by atoms with van der Waals surface area (Å²) in [6.45, 7) is 1.73. The number of aliphatic hydroxyl groups excluding tert-OH is 1. The van der Waals surface area contributed by atoms with Crippen LogP contribution in [-0.2, 0) is 4.79 Å². The third-order valence-electron chi connectivity index (χ3n) is 3.71. The zero-order chi connectivity index (χ0) is 14.7. The van der Waals surface area contributed by atoms with Gasteiger partial charge >= 0.3 is 0 Å². The van der Waals surface area contributed by atoms with Crippen LogP contribution in [0.25, 0.3) is 11.2 Å². The van der Waals surface area contributed by atoms with E-state index in [2.05, 4.69) is 30.2 Å². The molecule has 8 nitrogen and oxygen atoms in total. The van der Waals surface area contributed by atoms with Gasteiger partial charge in [-0.3, -0.25) is 4.79 Å². The second-order valence-electron chi connectivity index (χ2n) is 5.10. The molecule has 0 saturated carbocycles. The standard InChI is InChI=1S/C13H18N6O2/c20-5-3-14-13(21)9-2-1-4-19(6-9)12-10-11(16-7-15-10)17-8-18-12/h7-9,20H,1-6H2,(H,14,21)(H,15,16,17,18). The maximum absolute atomic E-state index is 12.0. The van der Waals surface area contributed by atoms with Crippen molar-refractivity contribution in [3.63, 3.8) is 0 Å². The van der Waals surface area contributed by atoms with E-state index in [-0.39, 0.29) is 18.4 Å². The molecule has 0 aromatic carbocycles. The molecule has 0 spiro atoms. The van der Waals surface area contributed by atoms with Gasteiger partial charge in [0.1, 0.15) is 11.8 Å². The molecule has 21 heavy (non-hydrogen) atoms. The second-order valence-corrected chi connectivity index (χ2v) is 5.10. The van der Waals surface area contributed by atoms with Gasteiger partial charge < -0.3 is 20.3 Å². The number of H-pyrrole nitrogens is 1. The third kappa shape index (κ3) is 2.80. The monoisotopic (exact) mass is 290 g/mol. The number of aromatic nitrogens is 4. The van der Waals surface area contributed by atoms with Crippen LogP contribution in [0.3, 0.4) is 0 Å². The van der Waals surface area contributed by atoms with E-state index < -0.39 is 0 Å². The van der Waals surface area contributed by atoms with Crippen LogP contribution in [0.4, 0.5) is 5.82 Å². The lowest BCUT2D eigenvalue weighted by Crippen LogP contribution is -2.44. The average Bonchev–Trinajstić information content (AvgIpc) is 3.01. The number of aliphatic hydroxyl groups is 1. The Balaban J connectivity index is 1.77. The summed E-state index contributed by atoms with van der Waals surface area (Å²) in [5, 5.41) is 11.5. The first kappa shape index (κ1) is 13.7. The van der Waals surface area contributed by atoms with Crippen LogP contribution in [-0.4, -0.2) is 57.2 Å². The molecule has 2 aromatic rings. The molecule has 1 aliphatic heterocycles. The van der Waals surface area contributed by atoms with Crippen molar-refractivity contribution in [3.8, 4) is 0 Å². The molecule has 2 aromatic heterocycles.